The van der Waals surface area contributed by atoms with Gasteiger partial charge in [0.1, 0.15) is 5.37 Å². The summed E-state index contributed by atoms with van der Waals surface area (Å²) in [6.07, 6.45) is 3.74. The van der Waals surface area contributed by atoms with E-state index >= 15 is 0 Å². The number of rotatable bonds is 7. The number of hydrogen-bond donors (Lipinski definition) is 3. The molecule has 1 aliphatic heterocycles. The van der Waals surface area contributed by atoms with Crippen molar-refractivity contribution in [2.45, 2.75) is 44.1 Å². The van der Waals surface area contributed by atoms with E-state index in [1.54, 1.807) is 6.92 Å². The van der Waals surface area contributed by atoms with Gasteiger partial charge in [-0.3, -0.25) is 4.90 Å². The Balaban J connectivity index is 2.30. The maximum absolute atomic E-state index is 11.3. The molecule has 1 rings (SSSR count). The Hall–Kier alpha value is -0.0100. The molecule has 102 valence electrons. The summed E-state index contributed by atoms with van der Waals surface area (Å²) < 4.78 is 20.6. The van der Waals surface area contributed by atoms with Gasteiger partial charge in [0.05, 0.1) is 6.10 Å². The van der Waals surface area contributed by atoms with Crippen molar-refractivity contribution in [3.63, 3.8) is 0 Å². The maximum atomic E-state index is 11.3. The van der Waals surface area contributed by atoms with E-state index < -0.39 is 11.1 Å². The van der Waals surface area contributed by atoms with Crippen LogP contribution in [0.5, 0.6) is 0 Å². The topological polar surface area (TPSA) is 72.8 Å². The smallest absolute Gasteiger partial charge is 0.170 e. The molecule has 3 unspecified atom stereocenters. The Labute approximate surface area is 106 Å². The standard InChI is InChI=1S/C11H24N2O3S/c1-10(14)9-12-6-5-11(17(15)16)13-7-3-2-4-8-13/h10-12,14H,2-9H2,1H3,(H,15,16). The zero-order chi connectivity index (χ0) is 12.7. The second kappa shape index (κ2) is 8.16. The largest absolute Gasteiger partial charge is 0.392 e. The predicted octanol–water partition coefficient (Wildman–Crippen LogP) is 0.381. The first-order valence-corrected chi connectivity index (χ1v) is 7.50. The van der Waals surface area contributed by atoms with E-state index in [1.807, 2.05) is 0 Å². The van der Waals surface area contributed by atoms with Gasteiger partial charge in [0.2, 0.25) is 0 Å². The third-order valence-electron chi connectivity index (χ3n) is 3.04. The van der Waals surface area contributed by atoms with Gasteiger partial charge in [-0.05, 0) is 45.8 Å². The molecule has 1 saturated heterocycles. The minimum absolute atomic E-state index is 0.267. The average Bonchev–Trinajstić information content (AvgIpc) is 2.29. The molecule has 0 aromatic carbocycles. The number of hydrogen-bond acceptors (Lipinski definition) is 4. The lowest BCUT2D eigenvalue weighted by Gasteiger charge is -2.32. The SMILES string of the molecule is CC(O)CNCCC(N1CCCCC1)S(=O)O. The predicted molar refractivity (Wildman–Crippen MR) is 69.2 cm³/mol. The summed E-state index contributed by atoms with van der Waals surface area (Å²) in [5.74, 6) is 0. The Morgan fingerprint density at radius 3 is 2.53 bits per heavy atom. The molecule has 0 saturated carbocycles. The summed E-state index contributed by atoms with van der Waals surface area (Å²) in [6.45, 7) is 4.77. The van der Waals surface area contributed by atoms with Gasteiger partial charge in [0.15, 0.2) is 11.1 Å². The number of nitrogens with one attached hydrogen (secondary N) is 1. The third kappa shape index (κ3) is 5.92. The van der Waals surface area contributed by atoms with E-state index in [0.29, 0.717) is 19.5 Å². The van der Waals surface area contributed by atoms with Gasteiger partial charge in [-0.15, -0.1) is 0 Å². The lowest BCUT2D eigenvalue weighted by atomic mass is 10.1. The fraction of sp³-hybridized carbons (Fsp3) is 1.00. The molecule has 1 heterocycles. The molecule has 17 heavy (non-hydrogen) atoms. The zero-order valence-electron chi connectivity index (χ0n) is 10.5. The molecule has 0 radical (unpaired) electrons. The van der Waals surface area contributed by atoms with E-state index in [0.717, 1.165) is 25.9 Å². The molecule has 6 heteroatoms. The minimum atomic E-state index is -1.79. The van der Waals surface area contributed by atoms with Gasteiger partial charge >= 0.3 is 0 Å². The van der Waals surface area contributed by atoms with Crippen molar-refractivity contribution in [3.05, 3.63) is 0 Å². The highest BCUT2D eigenvalue weighted by molar-refractivity contribution is 7.79. The van der Waals surface area contributed by atoms with Crippen molar-refractivity contribution in [1.82, 2.24) is 10.2 Å². The molecule has 3 N–H and O–H groups in total. The van der Waals surface area contributed by atoms with E-state index in [2.05, 4.69) is 10.2 Å². The Morgan fingerprint density at radius 2 is 2.00 bits per heavy atom. The quantitative estimate of drug-likeness (QED) is 0.458. The molecule has 0 spiro atoms. The molecule has 3 atom stereocenters. The van der Waals surface area contributed by atoms with Crippen LogP contribution in [0, 0.1) is 0 Å². The highest BCUT2D eigenvalue weighted by Gasteiger charge is 2.24. The summed E-state index contributed by atoms with van der Waals surface area (Å²) in [7, 11) is 0. The first-order chi connectivity index (χ1) is 8.11. The van der Waals surface area contributed by atoms with Gasteiger partial charge in [0, 0.05) is 6.54 Å². The van der Waals surface area contributed by atoms with Crippen LogP contribution in [0.4, 0.5) is 0 Å². The molecule has 1 fully saturated rings. The average molecular weight is 264 g/mol. The summed E-state index contributed by atoms with van der Waals surface area (Å²) in [5.41, 5.74) is 0. The zero-order valence-corrected chi connectivity index (χ0v) is 11.3. The van der Waals surface area contributed by atoms with Crippen LogP contribution in [0.3, 0.4) is 0 Å². The summed E-state index contributed by atoms with van der Waals surface area (Å²) in [6, 6.07) is 0. The molecule has 5 nitrogen and oxygen atoms in total. The molecule has 0 bridgehead atoms. The van der Waals surface area contributed by atoms with Gasteiger partial charge in [-0.2, -0.15) is 0 Å². The Kier molecular flexibility index (Phi) is 7.22. The van der Waals surface area contributed by atoms with Crippen molar-refractivity contribution < 1.29 is 13.9 Å². The van der Waals surface area contributed by atoms with Crippen molar-refractivity contribution in [3.8, 4) is 0 Å². The van der Waals surface area contributed by atoms with Crippen LogP contribution < -0.4 is 5.32 Å². The fourth-order valence-electron chi connectivity index (χ4n) is 2.15. The molecule has 0 aromatic heterocycles. The molecular weight excluding hydrogens is 240 g/mol. The van der Waals surface area contributed by atoms with E-state index in [-0.39, 0.29) is 11.5 Å². The third-order valence-corrected chi connectivity index (χ3v) is 4.04. The summed E-state index contributed by atoms with van der Waals surface area (Å²) >= 11 is -1.79. The van der Waals surface area contributed by atoms with Crippen LogP contribution in [0.25, 0.3) is 0 Å². The number of likely N-dealkylation sites (tertiary alicyclic amines) is 1. The van der Waals surface area contributed by atoms with Gasteiger partial charge in [-0.1, -0.05) is 6.42 Å². The Morgan fingerprint density at radius 1 is 1.35 bits per heavy atom. The number of aliphatic hydroxyl groups is 1. The van der Waals surface area contributed by atoms with Crippen LogP contribution in [0.15, 0.2) is 0 Å². The van der Waals surface area contributed by atoms with E-state index in [9.17, 15) is 8.76 Å². The van der Waals surface area contributed by atoms with Crippen molar-refractivity contribution in [2.75, 3.05) is 26.2 Å². The lowest BCUT2D eigenvalue weighted by Crippen LogP contribution is -2.43. The molecule has 0 amide bonds. The highest BCUT2D eigenvalue weighted by Crippen LogP contribution is 2.15. The summed E-state index contributed by atoms with van der Waals surface area (Å²) in [4.78, 5) is 2.11. The molecule has 1 aliphatic rings. The van der Waals surface area contributed by atoms with E-state index in [1.165, 1.54) is 6.42 Å². The second-order valence-corrected chi connectivity index (χ2v) is 5.77. The number of nitrogens with zero attached hydrogens (tertiary/aromatic N) is 1. The van der Waals surface area contributed by atoms with Crippen LogP contribution in [-0.2, 0) is 11.1 Å². The van der Waals surface area contributed by atoms with Crippen LogP contribution in [0.1, 0.15) is 32.6 Å². The maximum Gasteiger partial charge on any atom is 0.170 e. The second-order valence-electron chi connectivity index (χ2n) is 4.67. The number of aliphatic hydroxyl groups excluding tert-OH is 1. The monoisotopic (exact) mass is 264 g/mol. The fourth-order valence-corrected chi connectivity index (χ4v) is 2.94. The Bertz CT molecular complexity index is 233. The lowest BCUT2D eigenvalue weighted by molar-refractivity contribution is 0.182. The molecule has 0 aromatic rings. The van der Waals surface area contributed by atoms with Crippen LogP contribution >= 0.6 is 0 Å². The number of piperidine rings is 1. The van der Waals surface area contributed by atoms with Crippen LogP contribution in [-0.4, -0.2) is 56.4 Å². The first-order valence-electron chi connectivity index (χ1n) is 6.33. The van der Waals surface area contributed by atoms with Crippen molar-refractivity contribution in [1.29, 1.82) is 0 Å². The van der Waals surface area contributed by atoms with Gasteiger partial charge < -0.3 is 15.0 Å². The highest BCUT2D eigenvalue weighted by atomic mass is 32.2. The minimum Gasteiger partial charge on any atom is -0.392 e. The summed E-state index contributed by atoms with van der Waals surface area (Å²) in [5, 5.41) is 11.9. The molecular formula is C11H24N2O3S. The molecule has 0 aliphatic carbocycles. The van der Waals surface area contributed by atoms with Crippen molar-refractivity contribution in [2.24, 2.45) is 0 Å². The first kappa shape index (κ1) is 15.0. The van der Waals surface area contributed by atoms with Crippen LogP contribution in [0.2, 0.25) is 0 Å². The normalized spacial score (nSPS) is 23.2. The van der Waals surface area contributed by atoms with Crippen molar-refractivity contribution >= 4 is 11.1 Å². The van der Waals surface area contributed by atoms with E-state index in [4.69, 9.17) is 5.11 Å². The van der Waals surface area contributed by atoms with Gasteiger partial charge in [-0.25, -0.2) is 4.21 Å². The van der Waals surface area contributed by atoms with Gasteiger partial charge in [0.25, 0.3) is 0 Å².